The lowest BCUT2D eigenvalue weighted by atomic mass is 10.1. The SMILES string of the molecule is Cc1ccc2nc3sc(C(=O)Nc4sc(C)c(C)c4C#N)c(N)c3cc2c1. The number of carbonyl (C=O) groups excluding carboxylic acids is 1. The second kappa shape index (κ2) is 6.34. The van der Waals surface area contributed by atoms with Crippen LogP contribution in [0.1, 0.15) is 31.2 Å². The number of nitrogens with two attached hydrogens (primary N) is 1. The zero-order valence-corrected chi connectivity index (χ0v) is 16.6. The van der Waals surface area contributed by atoms with Crippen LogP contribution in [-0.4, -0.2) is 10.9 Å². The normalized spacial score (nSPS) is 11.0. The number of hydrogen-bond donors (Lipinski definition) is 2. The van der Waals surface area contributed by atoms with Gasteiger partial charge in [0.15, 0.2) is 0 Å². The first kappa shape index (κ1) is 17.5. The van der Waals surface area contributed by atoms with E-state index in [1.807, 2.05) is 39.0 Å². The van der Waals surface area contributed by atoms with Crippen LogP contribution in [0.2, 0.25) is 0 Å². The predicted octanol–water partition coefficient (Wildman–Crippen LogP) is 5.14. The van der Waals surface area contributed by atoms with Crippen LogP contribution in [0.3, 0.4) is 0 Å². The van der Waals surface area contributed by atoms with Crippen molar-refractivity contribution in [1.82, 2.24) is 4.98 Å². The third-order valence-corrected chi connectivity index (χ3v) is 6.84. The fourth-order valence-corrected chi connectivity index (χ4v) is 4.99. The highest BCUT2D eigenvalue weighted by atomic mass is 32.1. The zero-order chi connectivity index (χ0) is 19.3. The fourth-order valence-electron chi connectivity index (χ4n) is 3.00. The molecule has 1 amide bonds. The summed E-state index contributed by atoms with van der Waals surface area (Å²) < 4.78 is 0. The van der Waals surface area contributed by atoms with Gasteiger partial charge in [0.2, 0.25) is 0 Å². The number of rotatable bonds is 2. The number of aromatic nitrogens is 1. The van der Waals surface area contributed by atoms with Crippen LogP contribution in [0.15, 0.2) is 24.3 Å². The molecule has 7 heteroatoms. The number of amides is 1. The van der Waals surface area contributed by atoms with Gasteiger partial charge in [0.1, 0.15) is 20.8 Å². The molecule has 1 aromatic carbocycles. The van der Waals surface area contributed by atoms with E-state index in [-0.39, 0.29) is 5.91 Å². The third kappa shape index (κ3) is 2.83. The Kier molecular flexibility index (Phi) is 4.10. The Morgan fingerprint density at radius 3 is 2.74 bits per heavy atom. The van der Waals surface area contributed by atoms with E-state index >= 15 is 0 Å². The van der Waals surface area contributed by atoms with Crippen LogP contribution < -0.4 is 11.1 Å². The number of thiophene rings is 2. The van der Waals surface area contributed by atoms with Gasteiger partial charge in [-0.3, -0.25) is 4.79 Å². The lowest BCUT2D eigenvalue weighted by molar-refractivity contribution is 0.103. The third-order valence-electron chi connectivity index (χ3n) is 4.60. The van der Waals surface area contributed by atoms with Gasteiger partial charge in [0.05, 0.1) is 16.8 Å². The van der Waals surface area contributed by atoms with Crippen molar-refractivity contribution in [2.45, 2.75) is 20.8 Å². The Labute approximate surface area is 164 Å². The number of benzene rings is 1. The molecular formula is C20H16N4OS2. The monoisotopic (exact) mass is 392 g/mol. The van der Waals surface area contributed by atoms with Crippen molar-refractivity contribution in [3.05, 3.63) is 50.7 Å². The molecule has 0 aliphatic heterocycles. The number of carbonyl (C=O) groups is 1. The quantitative estimate of drug-likeness (QED) is 0.494. The first-order valence-corrected chi connectivity index (χ1v) is 9.93. The van der Waals surface area contributed by atoms with E-state index in [2.05, 4.69) is 22.4 Å². The molecule has 27 heavy (non-hydrogen) atoms. The van der Waals surface area contributed by atoms with Crippen LogP contribution in [0, 0.1) is 32.1 Å². The minimum absolute atomic E-state index is 0.312. The second-order valence-corrected chi connectivity index (χ2v) is 8.66. The highest BCUT2D eigenvalue weighted by Gasteiger charge is 2.21. The minimum Gasteiger partial charge on any atom is -0.397 e. The Bertz CT molecular complexity index is 1280. The van der Waals surface area contributed by atoms with Crippen molar-refractivity contribution in [3.63, 3.8) is 0 Å². The van der Waals surface area contributed by atoms with Crippen molar-refractivity contribution >= 4 is 60.4 Å². The Morgan fingerprint density at radius 2 is 2.00 bits per heavy atom. The maximum Gasteiger partial charge on any atom is 0.268 e. The van der Waals surface area contributed by atoms with E-state index in [1.165, 1.54) is 22.7 Å². The highest BCUT2D eigenvalue weighted by molar-refractivity contribution is 7.21. The molecule has 0 saturated heterocycles. The van der Waals surface area contributed by atoms with Crippen LogP contribution >= 0.6 is 22.7 Å². The second-order valence-electron chi connectivity index (χ2n) is 6.44. The van der Waals surface area contributed by atoms with Gasteiger partial charge < -0.3 is 11.1 Å². The lowest BCUT2D eigenvalue weighted by Gasteiger charge is -2.02. The highest BCUT2D eigenvalue weighted by Crippen LogP contribution is 2.37. The number of anilines is 2. The molecule has 3 aromatic heterocycles. The summed E-state index contributed by atoms with van der Waals surface area (Å²) in [7, 11) is 0. The van der Waals surface area contributed by atoms with Gasteiger partial charge in [-0.25, -0.2) is 4.98 Å². The van der Waals surface area contributed by atoms with Crippen LogP contribution in [0.4, 0.5) is 10.7 Å². The fraction of sp³-hybridized carbons (Fsp3) is 0.150. The van der Waals surface area contributed by atoms with Gasteiger partial charge in [0, 0.05) is 15.6 Å². The number of aryl methyl sites for hydroxylation is 2. The van der Waals surface area contributed by atoms with Gasteiger partial charge in [-0.05, 0) is 44.5 Å². The molecular weight excluding hydrogens is 376 g/mol. The largest absolute Gasteiger partial charge is 0.397 e. The van der Waals surface area contributed by atoms with Gasteiger partial charge in [-0.15, -0.1) is 22.7 Å². The van der Waals surface area contributed by atoms with Crippen molar-refractivity contribution in [2.75, 3.05) is 11.1 Å². The molecule has 4 aromatic rings. The maximum absolute atomic E-state index is 12.8. The standard InChI is InChI=1S/C20H16N4OS2/c1-9-4-5-15-12(6-9)7-13-16(22)17(27-19(13)23-15)18(25)24-20-14(8-21)10(2)11(3)26-20/h4-7H,22H2,1-3H3,(H,24,25). The Hall–Kier alpha value is -2.95. The molecule has 0 unspecified atom stereocenters. The molecule has 0 atom stereocenters. The number of nitrogens with one attached hydrogen (secondary N) is 1. The number of hydrogen-bond acceptors (Lipinski definition) is 6. The summed E-state index contributed by atoms with van der Waals surface area (Å²) in [5.41, 5.74) is 10.1. The summed E-state index contributed by atoms with van der Waals surface area (Å²) in [6, 6.07) is 10.2. The molecule has 4 rings (SSSR count). The number of nitrogen functional groups attached to an aromatic ring is 1. The van der Waals surface area contributed by atoms with Gasteiger partial charge in [-0.1, -0.05) is 11.6 Å². The summed E-state index contributed by atoms with van der Waals surface area (Å²) in [4.78, 5) is 19.6. The van der Waals surface area contributed by atoms with E-state index in [4.69, 9.17) is 5.73 Å². The average Bonchev–Trinajstić information content (AvgIpc) is 3.09. The molecule has 0 aliphatic rings. The maximum atomic E-state index is 12.8. The van der Waals surface area contributed by atoms with Crippen molar-refractivity contribution in [2.24, 2.45) is 0 Å². The number of fused-ring (bicyclic) bond motifs is 2. The molecule has 0 spiro atoms. The van der Waals surface area contributed by atoms with Crippen molar-refractivity contribution < 1.29 is 4.79 Å². The zero-order valence-electron chi connectivity index (χ0n) is 15.0. The summed E-state index contributed by atoms with van der Waals surface area (Å²) >= 11 is 2.67. The first-order chi connectivity index (χ1) is 12.9. The molecule has 3 N–H and O–H groups in total. The van der Waals surface area contributed by atoms with Crippen LogP contribution in [0.5, 0.6) is 0 Å². The summed E-state index contributed by atoms with van der Waals surface area (Å²) in [6.07, 6.45) is 0. The summed E-state index contributed by atoms with van der Waals surface area (Å²) in [6.45, 7) is 5.84. The van der Waals surface area contributed by atoms with Crippen LogP contribution in [0.25, 0.3) is 21.1 Å². The van der Waals surface area contributed by atoms with E-state index in [9.17, 15) is 10.1 Å². The predicted molar refractivity (Wildman–Crippen MR) is 113 cm³/mol. The molecule has 0 radical (unpaired) electrons. The Balaban J connectivity index is 1.78. The molecule has 5 nitrogen and oxygen atoms in total. The number of nitrogens with zero attached hydrogens (tertiary/aromatic N) is 2. The van der Waals surface area contributed by atoms with E-state index in [1.54, 1.807) is 0 Å². The molecule has 0 fully saturated rings. The van der Waals surface area contributed by atoms with Gasteiger partial charge >= 0.3 is 0 Å². The van der Waals surface area contributed by atoms with E-state index < -0.39 is 0 Å². The molecule has 134 valence electrons. The lowest BCUT2D eigenvalue weighted by Crippen LogP contribution is -2.11. The minimum atomic E-state index is -0.312. The summed E-state index contributed by atoms with van der Waals surface area (Å²) in [5.74, 6) is -0.312. The molecule has 3 heterocycles. The number of pyridine rings is 1. The van der Waals surface area contributed by atoms with Crippen molar-refractivity contribution in [3.8, 4) is 6.07 Å². The smallest absolute Gasteiger partial charge is 0.268 e. The van der Waals surface area contributed by atoms with Crippen molar-refractivity contribution in [1.29, 1.82) is 5.26 Å². The molecule has 0 bridgehead atoms. The van der Waals surface area contributed by atoms with Gasteiger partial charge in [0.25, 0.3) is 5.91 Å². The van der Waals surface area contributed by atoms with Crippen LogP contribution in [-0.2, 0) is 0 Å². The Morgan fingerprint density at radius 1 is 1.22 bits per heavy atom. The number of nitriles is 1. The summed E-state index contributed by atoms with van der Waals surface area (Å²) in [5, 5.41) is 14.6. The first-order valence-electron chi connectivity index (χ1n) is 8.30. The average molecular weight is 393 g/mol. The molecule has 0 aliphatic carbocycles. The van der Waals surface area contributed by atoms with E-state index in [0.717, 1.165) is 37.1 Å². The topological polar surface area (TPSA) is 91.8 Å². The molecule has 0 saturated carbocycles. The van der Waals surface area contributed by atoms with Gasteiger partial charge in [-0.2, -0.15) is 5.26 Å². The van der Waals surface area contributed by atoms with E-state index in [0.29, 0.717) is 21.1 Å².